The van der Waals surface area contributed by atoms with Gasteiger partial charge in [0.1, 0.15) is 23.7 Å². The molecule has 0 amide bonds. The molecule has 9 nitrogen and oxygen atoms in total. The molecule has 0 aromatic carbocycles. The second kappa shape index (κ2) is 10.6. The van der Waals surface area contributed by atoms with Crippen LogP contribution in [0.25, 0.3) is 0 Å². The summed E-state index contributed by atoms with van der Waals surface area (Å²) in [6, 6.07) is 4.18. The lowest BCUT2D eigenvalue weighted by atomic mass is 10.1. The number of aliphatic imine (C=N–C) groups is 1. The second-order valence-corrected chi connectivity index (χ2v) is 6.22. The predicted octanol–water partition coefficient (Wildman–Crippen LogP) is 1.07. The van der Waals surface area contributed by atoms with E-state index >= 15 is 0 Å². The van der Waals surface area contributed by atoms with Crippen LogP contribution in [0, 0.1) is 6.92 Å². The van der Waals surface area contributed by atoms with Gasteiger partial charge in [-0.2, -0.15) is 5.10 Å². The van der Waals surface area contributed by atoms with Crippen LogP contribution in [-0.4, -0.2) is 65.5 Å². The van der Waals surface area contributed by atoms with E-state index in [2.05, 4.69) is 30.6 Å². The van der Waals surface area contributed by atoms with Crippen molar-refractivity contribution in [1.82, 2.24) is 30.3 Å². The number of hydrogen-bond acceptors (Lipinski definition) is 6. The molecule has 1 aliphatic heterocycles. The monoisotopic (exact) mass is 489 g/mol. The fourth-order valence-electron chi connectivity index (χ4n) is 2.99. The maximum absolute atomic E-state index is 5.90. The van der Waals surface area contributed by atoms with Crippen LogP contribution >= 0.6 is 24.0 Å². The molecule has 1 saturated heterocycles. The summed E-state index contributed by atoms with van der Waals surface area (Å²) in [5.41, 5.74) is 0. The Hall–Kier alpha value is -1.66. The third kappa shape index (κ3) is 5.91. The highest BCUT2D eigenvalue weighted by Gasteiger charge is 2.25. The van der Waals surface area contributed by atoms with Gasteiger partial charge in [0.25, 0.3) is 0 Å². The molecule has 3 heterocycles. The van der Waals surface area contributed by atoms with E-state index in [4.69, 9.17) is 9.15 Å². The van der Waals surface area contributed by atoms with Gasteiger partial charge in [-0.1, -0.05) is 0 Å². The highest BCUT2D eigenvalue weighted by Crippen LogP contribution is 2.23. The molecule has 0 radical (unpaired) electrons. The van der Waals surface area contributed by atoms with Crippen LogP contribution < -0.4 is 10.6 Å². The molecule has 2 aromatic heterocycles. The van der Waals surface area contributed by atoms with Gasteiger partial charge in [-0.3, -0.25) is 14.6 Å². The molecule has 1 unspecified atom stereocenters. The molecule has 0 spiro atoms. The second-order valence-electron chi connectivity index (χ2n) is 6.22. The van der Waals surface area contributed by atoms with Crippen molar-refractivity contribution in [1.29, 1.82) is 0 Å². The van der Waals surface area contributed by atoms with Crippen LogP contribution in [0.1, 0.15) is 23.4 Å². The maximum atomic E-state index is 5.90. The van der Waals surface area contributed by atoms with E-state index in [1.807, 2.05) is 26.1 Å². The summed E-state index contributed by atoms with van der Waals surface area (Å²) in [5, 5.41) is 10.7. The van der Waals surface area contributed by atoms with Crippen LogP contribution in [0.5, 0.6) is 0 Å². The van der Waals surface area contributed by atoms with Crippen molar-refractivity contribution in [2.45, 2.75) is 19.5 Å². The van der Waals surface area contributed by atoms with Gasteiger partial charge in [0.15, 0.2) is 5.96 Å². The minimum Gasteiger partial charge on any atom is -0.465 e. The molecule has 10 heteroatoms. The summed E-state index contributed by atoms with van der Waals surface area (Å²) in [6.07, 6.45) is 1.54. The van der Waals surface area contributed by atoms with Gasteiger partial charge in [0.05, 0.1) is 25.8 Å². The van der Waals surface area contributed by atoms with Crippen molar-refractivity contribution in [2.24, 2.45) is 12.0 Å². The molecule has 2 aromatic rings. The van der Waals surface area contributed by atoms with E-state index in [1.54, 1.807) is 18.1 Å². The number of aromatic nitrogens is 3. The van der Waals surface area contributed by atoms with Crippen molar-refractivity contribution in [3.05, 3.63) is 35.8 Å². The summed E-state index contributed by atoms with van der Waals surface area (Å²) in [7, 11) is 3.63. The Morgan fingerprint density at radius 2 is 2.07 bits per heavy atom. The van der Waals surface area contributed by atoms with E-state index < -0.39 is 0 Å². The Morgan fingerprint density at radius 3 is 2.67 bits per heavy atom. The van der Waals surface area contributed by atoms with Crippen molar-refractivity contribution in [3.8, 4) is 0 Å². The van der Waals surface area contributed by atoms with Crippen LogP contribution in [0.2, 0.25) is 0 Å². The van der Waals surface area contributed by atoms with E-state index in [0.29, 0.717) is 13.1 Å². The van der Waals surface area contributed by atoms with Gasteiger partial charge in [-0.15, -0.1) is 24.0 Å². The summed E-state index contributed by atoms with van der Waals surface area (Å²) in [4.78, 5) is 10.9. The third-order valence-electron chi connectivity index (χ3n) is 4.48. The summed E-state index contributed by atoms with van der Waals surface area (Å²) in [6.45, 7) is 6.47. The smallest absolute Gasteiger partial charge is 0.191 e. The van der Waals surface area contributed by atoms with Crippen molar-refractivity contribution < 1.29 is 9.15 Å². The normalized spacial score (nSPS) is 16.6. The predicted molar refractivity (Wildman–Crippen MR) is 113 cm³/mol. The molecule has 1 fully saturated rings. The summed E-state index contributed by atoms with van der Waals surface area (Å²) < 4.78 is 13.1. The standard InChI is InChI=1S/C17H27N7O2.HI/c1-13-4-5-15(26-13)14(24-6-8-25-9-7-24)10-19-17(18-2)20-11-16-21-12-22-23(16)3;/h4-5,12,14H,6-11H2,1-3H3,(H2,18,19,20);1H. The molecule has 27 heavy (non-hydrogen) atoms. The largest absolute Gasteiger partial charge is 0.465 e. The SMILES string of the molecule is CN=C(NCc1ncnn1C)NCC(c1ccc(C)o1)N1CCOCC1.I. The van der Waals surface area contributed by atoms with Crippen LogP contribution in [0.3, 0.4) is 0 Å². The average molecular weight is 489 g/mol. The number of ether oxygens (including phenoxy) is 1. The zero-order chi connectivity index (χ0) is 18.4. The molecule has 3 rings (SSSR count). The number of halogens is 1. The van der Waals surface area contributed by atoms with Gasteiger partial charge >= 0.3 is 0 Å². The van der Waals surface area contributed by atoms with Crippen LogP contribution in [0.15, 0.2) is 27.9 Å². The first-order valence-corrected chi connectivity index (χ1v) is 8.83. The fourth-order valence-corrected chi connectivity index (χ4v) is 2.99. The quantitative estimate of drug-likeness (QED) is 0.357. The first kappa shape index (κ1) is 21.6. The van der Waals surface area contributed by atoms with Gasteiger partial charge in [0, 0.05) is 33.7 Å². The number of guanidine groups is 1. The first-order valence-electron chi connectivity index (χ1n) is 8.83. The number of aryl methyl sites for hydroxylation is 2. The van der Waals surface area contributed by atoms with Gasteiger partial charge < -0.3 is 19.8 Å². The van der Waals surface area contributed by atoms with E-state index in [0.717, 1.165) is 49.6 Å². The zero-order valence-electron chi connectivity index (χ0n) is 16.0. The Morgan fingerprint density at radius 1 is 1.30 bits per heavy atom. The third-order valence-corrected chi connectivity index (χ3v) is 4.48. The van der Waals surface area contributed by atoms with E-state index in [1.165, 1.54) is 0 Å². The highest BCUT2D eigenvalue weighted by molar-refractivity contribution is 14.0. The van der Waals surface area contributed by atoms with E-state index in [-0.39, 0.29) is 30.0 Å². The zero-order valence-corrected chi connectivity index (χ0v) is 18.3. The molecule has 0 aliphatic carbocycles. The molecule has 2 N–H and O–H groups in total. The molecule has 150 valence electrons. The lowest BCUT2D eigenvalue weighted by Crippen LogP contribution is -2.46. The van der Waals surface area contributed by atoms with Crippen LogP contribution in [-0.2, 0) is 18.3 Å². The highest BCUT2D eigenvalue weighted by atomic mass is 127. The van der Waals surface area contributed by atoms with Crippen molar-refractivity contribution >= 4 is 29.9 Å². The van der Waals surface area contributed by atoms with Gasteiger partial charge in [-0.25, -0.2) is 4.98 Å². The molecule has 1 aliphatic rings. The Labute approximate surface area is 176 Å². The number of nitrogens with one attached hydrogen (secondary N) is 2. The number of hydrogen-bond donors (Lipinski definition) is 2. The lowest BCUT2D eigenvalue weighted by molar-refractivity contribution is 0.0124. The first-order chi connectivity index (χ1) is 12.7. The number of nitrogens with zero attached hydrogens (tertiary/aromatic N) is 5. The molecule has 0 saturated carbocycles. The Kier molecular flexibility index (Phi) is 8.51. The van der Waals surface area contributed by atoms with Gasteiger partial charge in [-0.05, 0) is 19.1 Å². The molecule has 0 bridgehead atoms. The number of furan rings is 1. The van der Waals surface area contributed by atoms with Gasteiger partial charge in [0.2, 0.25) is 0 Å². The minimum atomic E-state index is 0. The van der Waals surface area contributed by atoms with Crippen LogP contribution in [0.4, 0.5) is 0 Å². The number of rotatable bonds is 6. The summed E-state index contributed by atoms with van der Waals surface area (Å²) >= 11 is 0. The Balaban J connectivity index is 0.00000261. The number of morpholine rings is 1. The minimum absolute atomic E-state index is 0. The fraction of sp³-hybridized carbons (Fsp3) is 0.588. The van der Waals surface area contributed by atoms with Crippen molar-refractivity contribution in [2.75, 3.05) is 39.9 Å². The van der Waals surface area contributed by atoms with E-state index in [9.17, 15) is 0 Å². The summed E-state index contributed by atoms with van der Waals surface area (Å²) in [5.74, 6) is 3.44. The molecular weight excluding hydrogens is 461 g/mol. The molecule has 1 atom stereocenters. The lowest BCUT2D eigenvalue weighted by Gasteiger charge is -2.33. The Bertz CT molecular complexity index is 724. The topological polar surface area (TPSA) is 92.7 Å². The molecular formula is C17H28IN7O2. The van der Waals surface area contributed by atoms with Crippen molar-refractivity contribution in [3.63, 3.8) is 0 Å². The average Bonchev–Trinajstić information content (AvgIpc) is 3.27. The maximum Gasteiger partial charge on any atom is 0.191 e.